The molecule has 106 valence electrons. The molecule has 7 heteroatoms. The van der Waals surface area contributed by atoms with E-state index >= 15 is 0 Å². The Balaban J connectivity index is 2.46. The molecule has 0 aromatic carbocycles. The number of ether oxygens (including phenoxy) is 1. The van der Waals surface area contributed by atoms with Crippen molar-refractivity contribution in [1.29, 1.82) is 0 Å². The first-order chi connectivity index (χ1) is 8.51. The molecule has 0 aliphatic carbocycles. The van der Waals surface area contributed by atoms with Gasteiger partial charge in [-0.05, 0) is 6.42 Å². The highest BCUT2D eigenvalue weighted by Crippen LogP contribution is 2.09. The molecule has 1 fully saturated rings. The zero-order chi connectivity index (χ0) is 13.6. The van der Waals surface area contributed by atoms with Crippen LogP contribution in [-0.4, -0.2) is 69.2 Å². The van der Waals surface area contributed by atoms with Crippen LogP contribution >= 0.6 is 0 Å². The SMILES string of the molecule is CCCC(=O)N1CCN(S(=O)(=O)CCOC)CC1. The normalized spacial score (nSPS) is 18.0. The fourth-order valence-corrected chi connectivity index (χ4v) is 3.26. The van der Waals surface area contributed by atoms with Crippen molar-refractivity contribution >= 4 is 15.9 Å². The lowest BCUT2D eigenvalue weighted by Crippen LogP contribution is -2.51. The monoisotopic (exact) mass is 278 g/mol. The number of rotatable bonds is 6. The molecule has 0 aromatic rings. The topological polar surface area (TPSA) is 66.9 Å². The van der Waals surface area contributed by atoms with Crippen LogP contribution in [0, 0.1) is 0 Å². The van der Waals surface area contributed by atoms with Crippen molar-refractivity contribution < 1.29 is 17.9 Å². The summed E-state index contributed by atoms with van der Waals surface area (Å²) in [5, 5.41) is 0. The summed E-state index contributed by atoms with van der Waals surface area (Å²) >= 11 is 0. The van der Waals surface area contributed by atoms with Gasteiger partial charge in [0.25, 0.3) is 0 Å². The van der Waals surface area contributed by atoms with Crippen LogP contribution in [-0.2, 0) is 19.6 Å². The first-order valence-corrected chi connectivity index (χ1v) is 7.86. The van der Waals surface area contributed by atoms with Crippen LogP contribution in [0.4, 0.5) is 0 Å². The average molecular weight is 278 g/mol. The van der Waals surface area contributed by atoms with Gasteiger partial charge in [0.1, 0.15) is 0 Å². The Morgan fingerprint density at radius 2 is 1.83 bits per heavy atom. The van der Waals surface area contributed by atoms with Crippen LogP contribution in [0.15, 0.2) is 0 Å². The van der Waals surface area contributed by atoms with Gasteiger partial charge in [0.2, 0.25) is 15.9 Å². The third-order valence-corrected chi connectivity index (χ3v) is 4.83. The van der Waals surface area contributed by atoms with Gasteiger partial charge in [0, 0.05) is 39.7 Å². The van der Waals surface area contributed by atoms with E-state index in [0.29, 0.717) is 32.6 Å². The van der Waals surface area contributed by atoms with Crippen LogP contribution in [0.25, 0.3) is 0 Å². The Morgan fingerprint density at radius 3 is 2.33 bits per heavy atom. The fourth-order valence-electron chi connectivity index (χ4n) is 1.91. The molecule has 0 aromatic heterocycles. The molecule has 1 saturated heterocycles. The molecule has 18 heavy (non-hydrogen) atoms. The Kier molecular flexibility index (Phi) is 6.04. The molecule has 1 heterocycles. The largest absolute Gasteiger partial charge is 0.384 e. The van der Waals surface area contributed by atoms with Gasteiger partial charge in [-0.3, -0.25) is 4.79 Å². The fraction of sp³-hybridized carbons (Fsp3) is 0.909. The van der Waals surface area contributed by atoms with Gasteiger partial charge in [-0.25, -0.2) is 8.42 Å². The second-order valence-electron chi connectivity index (χ2n) is 4.34. The summed E-state index contributed by atoms with van der Waals surface area (Å²) in [5.74, 6) is 0.123. The molecular formula is C11H22N2O4S. The van der Waals surface area contributed by atoms with E-state index in [4.69, 9.17) is 4.74 Å². The minimum Gasteiger partial charge on any atom is -0.384 e. The van der Waals surface area contributed by atoms with Crippen molar-refractivity contribution in [2.45, 2.75) is 19.8 Å². The van der Waals surface area contributed by atoms with E-state index in [1.807, 2.05) is 6.92 Å². The van der Waals surface area contributed by atoms with Crippen molar-refractivity contribution in [1.82, 2.24) is 9.21 Å². The third-order valence-electron chi connectivity index (χ3n) is 2.99. The number of nitrogens with zero attached hydrogens (tertiary/aromatic N) is 2. The van der Waals surface area contributed by atoms with Crippen molar-refractivity contribution in [3.63, 3.8) is 0 Å². The van der Waals surface area contributed by atoms with Crippen LogP contribution in [0.5, 0.6) is 0 Å². The second-order valence-corrected chi connectivity index (χ2v) is 6.43. The lowest BCUT2D eigenvalue weighted by atomic mass is 10.2. The van der Waals surface area contributed by atoms with E-state index < -0.39 is 10.0 Å². The number of amides is 1. The van der Waals surface area contributed by atoms with Gasteiger partial charge in [0.15, 0.2) is 0 Å². The van der Waals surface area contributed by atoms with Crippen molar-refractivity contribution in [2.24, 2.45) is 0 Å². The summed E-state index contributed by atoms with van der Waals surface area (Å²) in [7, 11) is -1.75. The zero-order valence-electron chi connectivity index (χ0n) is 11.1. The molecule has 6 nitrogen and oxygen atoms in total. The summed E-state index contributed by atoms with van der Waals surface area (Å²) in [6, 6.07) is 0. The molecule has 1 rings (SSSR count). The third kappa shape index (κ3) is 4.22. The standard InChI is InChI=1S/C11H22N2O4S/c1-3-4-11(14)12-5-7-13(8-6-12)18(15,16)10-9-17-2/h3-10H2,1-2H3. The number of hydrogen-bond donors (Lipinski definition) is 0. The Morgan fingerprint density at radius 1 is 1.22 bits per heavy atom. The van der Waals surface area contributed by atoms with E-state index in [0.717, 1.165) is 6.42 Å². The van der Waals surface area contributed by atoms with Crippen LogP contribution in [0.1, 0.15) is 19.8 Å². The van der Waals surface area contributed by atoms with Gasteiger partial charge < -0.3 is 9.64 Å². The maximum Gasteiger partial charge on any atom is 0.222 e. The Labute approximate surface area is 109 Å². The van der Waals surface area contributed by atoms with Crippen LogP contribution in [0.3, 0.4) is 0 Å². The molecular weight excluding hydrogens is 256 g/mol. The minimum atomic E-state index is -3.24. The highest BCUT2D eigenvalue weighted by atomic mass is 32.2. The maximum atomic E-state index is 11.9. The number of methoxy groups -OCH3 is 1. The lowest BCUT2D eigenvalue weighted by Gasteiger charge is -2.34. The van der Waals surface area contributed by atoms with Gasteiger partial charge in [-0.15, -0.1) is 0 Å². The first kappa shape index (κ1) is 15.4. The first-order valence-electron chi connectivity index (χ1n) is 6.25. The summed E-state index contributed by atoms with van der Waals surface area (Å²) in [5.41, 5.74) is 0. The van der Waals surface area contributed by atoms with E-state index in [9.17, 15) is 13.2 Å². The van der Waals surface area contributed by atoms with Crippen LogP contribution in [0.2, 0.25) is 0 Å². The second kappa shape index (κ2) is 7.06. The summed E-state index contributed by atoms with van der Waals surface area (Å²) in [4.78, 5) is 13.4. The van der Waals surface area contributed by atoms with Crippen molar-refractivity contribution in [3.8, 4) is 0 Å². The van der Waals surface area contributed by atoms with Crippen LogP contribution < -0.4 is 0 Å². The summed E-state index contributed by atoms with van der Waals surface area (Å²) in [6.07, 6.45) is 1.36. The van der Waals surface area contributed by atoms with E-state index in [1.54, 1.807) is 4.90 Å². The Bertz CT molecular complexity index is 361. The van der Waals surface area contributed by atoms with Gasteiger partial charge in [0.05, 0.1) is 12.4 Å². The van der Waals surface area contributed by atoms with Gasteiger partial charge in [-0.2, -0.15) is 4.31 Å². The minimum absolute atomic E-state index is 0.00636. The zero-order valence-corrected chi connectivity index (χ0v) is 11.9. The molecule has 0 atom stereocenters. The van der Waals surface area contributed by atoms with E-state index in [2.05, 4.69) is 0 Å². The highest BCUT2D eigenvalue weighted by Gasteiger charge is 2.27. The predicted octanol–water partition coefficient (Wildman–Crippen LogP) is -0.0931. The molecule has 1 aliphatic rings. The number of carbonyl (C=O) groups is 1. The molecule has 0 saturated carbocycles. The Hall–Kier alpha value is -0.660. The van der Waals surface area contributed by atoms with Crippen molar-refractivity contribution in [3.05, 3.63) is 0 Å². The quantitative estimate of drug-likeness (QED) is 0.681. The number of hydrogen-bond acceptors (Lipinski definition) is 4. The summed E-state index contributed by atoms with van der Waals surface area (Å²) in [6.45, 7) is 3.93. The van der Waals surface area contributed by atoms with E-state index in [1.165, 1.54) is 11.4 Å². The van der Waals surface area contributed by atoms with Gasteiger partial charge >= 0.3 is 0 Å². The van der Waals surface area contributed by atoms with Crippen molar-refractivity contribution in [2.75, 3.05) is 45.6 Å². The number of carbonyl (C=O) groups excluding carboxylic acids is 1. The molecule has 0 unspecified atom stereocenters. The highest BCUT2D eigenvalue weighted by molar-refractivity contribution is 7.89. The lowest BCUT2D eigenvalue weighted by molar-refractivity contribution is -0.132. The number of sulfonamides is 1. The molecule has 1 aliphatic heterocycles. The molecule has 0 radical (unpaired) electrons. The molecule has 0 spiro atoms. The molecule has 0 bridgehead atoms. The van der Waals surface area contributed by atoms with E-state index in [-0.39, 0.29) is 18.3 Å². The average Bonchev–Trinajstić information content (AvgIpc) is 2.37. The molecule has 0 N–H and O–H groups in total. The predicted molar refractivity (Wildman–Crippen MR) is 68.7 cm³/mol. The smallest absolute Gasteiger partial charge is 0.222 e. The molecule has 1 amide bonds. The summed E-state index contributed by atoms with van der Waals surface area (Å²) < 4.78 is 30.0. The number of piperazine rings is 1. The maximum absolute atomic E-state index is 11.9. The van der Waals surface area contributed by atoms with Gasteiger partial charge in [-0.1, -0.05) is 6.92 Å².